The first-order valence-corrected chi connectivity index (χ1v) is 15.5. The number of nitrogens with zero attached hydrogens (tertiary/aromatic N) is 2. The van der Waals surface area contributed by atoms with Crippen molar-refractivity contribution in [3.63, 3.8) is 0 Å². The quantitative estimate of drug-likeness (QED) is 0.332. The van der Waals surface area contributed by atoms with Crippen molar-refractivity contribution in [2.45, 2.75) is 68.7 Å². The number of hydrogen-bond acceptors (Lipinski definition) is 4. The number of rotatable bonds is 10. The van der Waals surface area contributed by atoms with Gasteiger partial charge in [0.25, 0.3) is 0 Å². The fourth-order valence-electron chi connectivity index (χ4n) is 6.05. The van der Waals surface area contributed by atoms with Gasteiger partial charge < -0.3 is 9.69 Å². The molecule has 0 bridgehead atoms. The molecule has 5 rings (SSSR count). The molecule has 1 saturated heterocycles. The first-order valence-electron chi connectivity index (χ1n) is 13.3. The predicted molar refractivity (Wildman–Crippen MR) is 150 cm³/mol. The van der Waals surface area contributed by atoms with Crippen LogP contribution in [-0.2, 0) is 19.6 Å². The van der Waals surface area contributed by atoms with Crippen molar-refractivity contribution < 1.29 is 18.0 Å². The molecule has 2 aliphatic carbocycles. The number of piperidine rings is 1. The zero-order valence-electron chi connectivity index (χ0n) is 21.7. The molecule has 6 nitrogen and oxygen atoms in total. The molecule has 2 aromatic carbocycles. The summed E-state index contributed by atoms with van der Waals surface area (Å²) in [6.45, 7) is 2.10. The third kappa shape index (κ3) is 5.40. The standard InChI is InChI=1S/C29H34Cl2N2O4S/c1-29(14-15-34)17-25(21-4-3-5-23(31)16-21)27(20-8-10-22(30)11-9-20)33(28(29)35)26(19-6-7-19)18-32(2)38(36,37)24-12-13-24/h3-5,8-11,15-16,19,24-27H,6-7,12-14,17-18H2,1-2H3/t25-,26?,27?,29+/m1/s1. The Morgan fingerprint density at radius 2 is 1.74 bits per heavy atom. The number of likely N-dealkylation sites (N-methyl/N-ethyl adjacent to an activating group) is 1. The van der Waals surface area contributed by atoms with E-state index in [-0.39, 0.29) is 48.0 Å². The molecule has 38 heavy (non-hydrogen) atoms. The van der Waals surface area contributed by atoms with Gasteiger partial charge in [-0.25, -0.2) is 12.7 Å². The summed E-state index contributed by atoms with van der Waals surface area (Å²) in [6, 6.07) is 14.5. The monoisotopic (exact) mass is 576 g/mol. The van der Waals surface area contributed by atoms with E-state index in [1.165, 1.54) is 4.31 Å². The van der Waals surface area contributed by atoms with E-state index >= 15 is 0 Å². The lowest BCUT2D eigenvalue weighted by atomic mass is 9.67. The molecule has 0 spiro atoms. The van der Waals surface area contributed by atoms with Crippen LogP contribution in [0.15, 0.2) is 48.5 Å². The molecule has 0 radical (unpaired) electrons. The molecule has 3 aliphatic rings. The normalized spacial score (nSPS) is 27.0. The zero-order valence-corrected chi connectivity index (χ0v) is 24.1. The van der Waals surface area contributed by atoms with Crippen molar-refractivity contribution >= 4 is 45.4 Å². The fraction of sp³-hybridized carbons (Fsp3) is 0.517. The lowest BCUT2D eigenvalue weighted by Gasteiger charge is -2.52. The van der Waals surface area contributed by atoms with Gasteiger partial charge in [0.15, 0.2) is 0 Å². The Kier molecular flexibility index (Phi) is 7.68. The Bertz CT molecular complexity index is 1310. The van der Waals surface area contributed by atoms with Gasteiger partial charge in [-0.2, -0.15) is 0 Å². The molecular weight excluding hydrogens is 543 g/mol. The third-order valence-electron chi connectivity index (χ3n) is 8.47. The topological polar surface area (TPSA) is 74.8 Å². The minimum Gasteiger partial charge on any atom is -0.330 e. The Morgan fingerprint density at radius 1 is 1.05 bits per heavy atom. The Morgan fingerprint density at radius 3 is 2.32 bits per heavy atom. The van der Waals surface area contributed by atoms with E-state index in [1.807, 2.05) is 60.4 Å². The summed E-state index contributed by atoms with van der Waals surface area (Å²) in [4.78, 5) is 28.2. The number of benzene rings is 2. The molecular formula is C29H34Cl2N2O4S. The summed E-state index contributed by atoms with van der Waals surface area (Å²) in [5, 5.41) is 0.879. The first kappa shape index (κ1) is 27.6. The largest absolute Gasteiger partial charge is 0.330 e. The highest BCUT2D eigenvalue weighted by molar-refractivity contribution is 7.90. The number of likely N-dealkylation sites (tertiary alicyclic amines) is 1. The van der Waals surface area contributed by atoms with Gasteiger partial charge in [0, 0.05) is 42.0 Å². The van der Waals surface area contributed by atoms with Crippen LogP contribution in [0.1, 0.15) is 68.5 Å². The summed E-state index contributed by atoms with van der Waals surface area (Å²) in [7, 11) is -1.78. The molecule has 3 fully saturated rings. The van der Waals surface area contributed by atoms with E-state index in [2.05, 4.69) is 0 Å². The second-order valence-electron chi connectivity index (χ2n) is 11.4. The number of hydrogen-bond donors (Lipinski definition) is 0. The van der Waals surface area contributed by atoms with Crippen LogP contribution in [0, 0.1) is 11.3 Å². The van der Waals surface area contributed by atoms with Crippen molar-refractivity contribution in [3.05, 3.63) is 69.7 Å². The van der Waals surface area contributed by atoms with Crippen molar-refractivity contribution in [1.29, 1.82) is 0 Å². The smallest absolute Gasteiger partial charge is 0.229 e. The molecule has 2 saturated carbocycles. The van der Waals surface area contributed by atoms with Gasteiger partial charge in [-0.1, -0.05) is 54.4 Å². The minimum absolute atomic E-state index is 0.0976. The SMILES string of the molecule is CN(CC(C1CC1)N1C(=O)[C@@](C)(CC=O)C[C@H](c2cccc(Cl)c2)C1c1ccc(Cl)cc1)S(=O)(=O)C1CC1. The molecule has 1 aliphatic heterocycles. The van der Waals surface area contributed by atoms with Gasteiger partial charge in [-0.05, 0) is 73.4 Å². The van der Waals surface area contributed by atoms with E-state index in [9.17, 15) is 18.0 Å². The average molecular weight is 578 g/mol. The number of aldehydes is 1. The van der Waals surface area contributed by atoms with Crippen LogP contribution in [0.2, 0.25) is 10.0 Å². The van der Waals surface area contributed by atoms with Gasteiger partial charge in [-0.3, -0.25) is 4.79 Å². The molecule has 0 aromatic heterocycles. The predicted octanol–water partition coefficient (Wildman–Crippen LogP) is 5.85. The summed E-state index contributed by atoms with van der Waals surface area (Å²) in [5.74, 6) is -0.0507. The molecule has 2 aromatic rings. The number of carbonyl (C=O) groups is 2. The second-order valence-corrected chi connectivity index (χ2v) is 14.6. The third-order valence-corrected chi connectivity index (χ3v) is 11.3. The zero-order chi connectivity index (χ0) is 27.2. The molecule has 4 atom stereocenters. The maximum Gasteiger partial charge on any atom is 0.229 e. The number of carbonyl (C=O) groups excluding carboxylic acids is 2. The molecule has 204 valence electrons. The number of halogens is 2. The van der Waals surface area contributed by atoms with E-state index in [4.69, 9.17) is 23.2 Å². The molecule has 0 N–H and O–H groups in total. The van der Waals surface area contributed by atoms with Crippen LogP contribution in [-0.4, -0.2) is 54.7 Å². The highest BCUT2D eigenvalue weighted by Gasteiger charge is 2.54. The van der Waals surface area contributed by atoms with E-state index in [1.54, 1.807) is 7.05 Å². The number of sulfonamides is 1. The van der Waals surface area contributed by atoms with Crippen molar-refractivity contribution in [3.8, 4) is 0 Å². The van der Waals surface area contributed by atoms with E-state index in [0.29, 0.717) is 29.3 Å². The lowest BCUT2D eigenvalue weighted by molar-refractivity contribution is -0.157. The van der Waals surface area contributed by atoms with Gasteiger partial charge in [0.05, 0.1) is 16.7 Å². The van der Waals surface area contributed by atoms with Crippen LogP contribution < -0.4 is 0 Å². The highest BCUT2D eigenvalue weighted by atomic mass is 35.5. The summed E-state index contributed by atoms with van der Waals surface area (Å²) < 4.78 is 27.7. The van der Waals surface area contributed by atoms with Crippen LogP contribution in [0.3, 0.4) is 0 Å². The van der Waals surface area contributed by atoms with E-state index < -0.39 is 15.4 Å². The van der Waals surface area contributed by atoms with Gasteiger partial charge >= 0.3 is 0 Å². The van der Waals surface area contributed by atoms with E-state index in [0.717, 1.165) is 30.3 Å². The average Bonchev–Trinajstić information content (AvgIpc) is 3.78. The Labute approximate surface area is 235 Å². The summed E-state index contributed by atoms with van der Waals surface area (Å²) in [6.07, 6.45) is 4.64. The first-order chi connectivity index (χ1) is 18.0. The van der Waals surface area contributed by atoms with Crippen LogP contribution in [0.25, 0.3) is 0 Å². The Hall–Kier alpha value is -1.93. The van der Waals surface area contributed by atoms with Gasteiger partial charge in [-0.15, -0.1) is 0 Å². The van der Waals surface area contributed by atoms with Crippen molar-refractivity contribution in [1.82, 2.24) is 9.21 Å². The fourth-order valence-corrected chi connectivity index (χ4v) is 7.98. The maximum atomic E-state index is 14.4. The van der Waals surface area contributed by atoms with Gasteiger partial charge in [0.2, 0.25) is 15.9 Å². The number of amides is 1. The summed E-state index contributed by atoms with van der Waals surface area (Å²) >= 11 is 12.7. The molecule has 1 heterocycles. The highest BCUT2D eigenvalue weighted by Crippen LogP contribution is 2.54. The molecule has 9 heteroatoms. The van der Waals surface area contributed by atoms with Crippen molar-refractivity contribution in [2.24, 2.45) is 11.3 Å². The second kappa shape index (κ2) is 10.6. The lowest BCUT2D eigenvalue weighted by Crippen LogP contribution is -2.59. The van der Waals surface area contributed by atoms with Crippen LogP contribution in [0.5, 0.6) is 0 Å². The maximum absolute atomic E-state index is 14.4. The van der Waals surface area contributed by atoms with Crippen LogP contribution in [0.4, 0.5) is 0 Å². The molecule has 2 unspecified atom stereocenters. The minimum atomic E-state index is -3.42. The van der Waals surface area contributed by atoms with Crippen LogP contribution >= 0.6 is 23.2 Å². The summed E-state index contributed by atoms with van der Waals surface area (Å²) in [5.41, 5.74) is 0.999. The van der Waals surface area contributed by atoms with Crippen molar-refractivity contribution in [2.75, 3.05) is 13.6 Å². The molecule has 1 amide bonds. The van der Waals surface area contributed by atoms with Gasteiger partial charge in [0.1, 0.15) is 6.29 Å². The Balaban J connectivity index is 1.64.